The summed E-state index contributed by atoms with van der Waals surface area (Å²) in [4.78, 5) is 6.07. The molecule has 0 aliphatic carbocycles. The normalized spacial score (nSPS) is 11.3. The van der Waals surface area contributed by atoms with Gasteiger partial charge in [-0.2, -0.15) is 0 Å². The van der Waals surface area contributed by atoms with Crippen LogP contribution in [0.3, 0.4) is 0 Å². The van der Waals surface area contributed by atoms with E-state index in [0.717, 1.165) is 11.4 Å². The molecule has 1 aromatic rings. The minimum Gasteiger partial charge on any atom is -0.352 e. The summed E-state index contributed by atoms with van der Waals surface area (Å²) in [7, 11) is 0. The van der Waals surface area contributed by atoms with Crippen LogP contribution >= 0.6 is 57.7 Å². The van der Waals surface area contributed by atoms with Gasteiger partial charge in [0.05, 0.1) is 22.9 Å². The fourth-order valence-corrected chi connectivity index (χ4v) is 1.82. The van der Waals surface area contributed by atoms with Crippen molar-refractivity contribution in [3.63, 3.8) is 0 Å². The number of pyridine rings is 1. The Morgan fingerprint density at radius 1 is 1.50 bits per heavy atom. The van der Waals surface area contributed by atoms with Crippen LogP contribution in [0.25, 0.3) is 0 Å². The predicted octanol–water partition coefficient (Wildman–Crippen LogP) is 4.62. The number of hydrogen-bond acceptors (Lipinski definition) is 2. The molecule has 0 spiro atoms. The zero-order valence-electron chi connectivity index (χ0n) is 9.58. The summed E-state index contributed by atoms with van der Waals surface area (Å²) in [6.07, 6.45) is 3.46. The van der Waals surface area contributed by atoms with Gasteiger partial charge in [0.2, 0.25) is 0 Å². The van der Waals surface area contributed by atoms with Gasteiger partial charge < -0.3 is 4.90 Å². The second-order valence-electron chi connectivity index (χ2n) is 3.50. The number of nitrogens with zero attached hydrogens (tertiary/aromatic N) is 3. The van der Waals surface area contributed by atoms with Gasteiger partial charge in [0, 0.05) is 19.3 Å². The molecule has 0 aromatic carbocycles. The first kappa shape index (κ1) is 16.0. The summed E-state index contributed by atoms with van der Waals surface area (Å²) in [6.45, 7) is 3.18. The van der Waals surface area contributed by atoms with Crippen molar-refractivity contribution in [3.05, 3.63) is 39.6 Å². The molecule has 0 unspecified atom stereocenters. The molecule has 3 nitrogen and oxygen atoms in total. The third-order valence-electron chi connectivity index (χ3n) is 2.21. The summed E-state index contributed by atoms with van der Waals surface area (Å²) < 4.78 is 4.38. The van der Waals surface area contributed by atoms with Gasteiger partial charge in [-0.1, -0.05) is 40.9 Å². The lowest BCUT2D eigenvalue weighted by atomic mass is 10.2. The van der Waals surface area contributed by atoms with Gasteiger partial charge >= 0.3 is 0 Å². The summed E-state index contributed by atoms with van der Waals surface area (Å²) in [5.41, 5.74) is 1.04. The summed E-state index contributed by atoms with van der Waals surface area (Å²) in [6, 6.07) is 3.69. The molecule has 18 heavy (non-hydrogen) atoms. The molecule has 0 saturated heterocycles. The summed E-state index contributed by atoms with van der Waals surface area (Å²) in [5.74, 6) is 0.886. The number of amidine groups is 1. The van der Waals surface area contributed by atoms with Crippen molar-refractivity contribution in [2.45, 2.75) is 13.5 Å². The highest BCUT2D eigenvalue weighted by Crippen LogP contribution is 2.11. The largest absolute Gasteiger partial charge is 0.352 e. The molecule has 0 saturated carbocycles. The third-order valence-corrected chi connectivity index (χ3v) is 3.44. The van der Waals surface area contributed by atoms with Crippen LogP contribution in [-0.2, 0) is 6.54 Å². The van der Waals surface area contributed by atoms with Crippen LogP contribution in [0.5, 0.6) is 0 Å². The van der Waals surface area contributed by atoms with Crippen LogP contribution in [0.15, 0.2) is 32.1 Å². The molecule has 1 rings (SSSR count). The van der Waals surface area contributed by atoms with Crippen LogP contribution in [0.4, 0.5) is 0 Å². The molecule has 0 aliphatic heterocycles. The molecular weight excluding hydrogens is 407 g/mol. The molecule has 0 bridgehead atoms. The van der Waals surface area contributed by atoms with E-state index in [4.69, 9.17) is 34.8 Å². The minimum absolute atomic E-state index is 0.246. The zero-order chi connectivity index (χ0) is 13.5. The molecule has 98 valence electrons. The molecule has 7 heteroatoms. The Labute approximate surface area is 135 Å². The Morgan fingerprint density at radius 2 is 2.22 bits per heavy atom. The van der Waals surface area contributed by atoms with Gasteiger partial charge in [0.1, 0.15) is 15.5 Å². The smallest absolute Gasteiger partial charge is 0.129 e. The molecule has 1 aromatic heterocycles. The Morgan fingerprint density at radius 3 is 2.72 bits per heavy atom. The monoisotopic (exact) mass is 417 g/mol. The maximum atomic E-state index is 5.75. The first-order valence-electron chi connectivity index (χ1n) is 5.05. The second kappa shape index (κ2) is 8.19. The van der Waals surface area contributed by atoms with Crippen LogP contribution in [0, 0.1) is 0 Å². The van der Waals surface area contributed by atoms with Crippen molar-refractivity contribution in [1.82, 2.24) is 9.88 Å². The van der Waals surface area contributed by atoms with Crippen molar-refractivity contribution in [1.29, 1.82) is 0 Å². The lowest BCUT2D eigenvalue weighted by Crippen LogP contribution is -2.28. The fourth-order valence-electron chi connectivity index (χ4n) is 1.26. The fraction of sp³-hybridized carbons (Fsp3) is 0.273. The van der Waals surface area contributed by atoms with Crippen molar-refractivity contribution in [2.75, 3.05) is 6.54 Å². The predicted molar refractivity (Wildman–Crippen MR) is 86.6 cm³/mol. The van der Waals surface area contributed by atoms with Crippen molar-refractivity contribution in [2.24, 2.45) is 3.21 Å². The Hall–Kier alpha value is -0.0400. The molecule has 0 amide bonds. The van der Waals surface area contributed by atoms with Crippen LogP contribution < -0.4 is 0 Å². The average Bonchev–Trinajstić information content (AvgIpc) is 2.35. The highest BCUT2D eigenvalue weighted by Gasteiger charge is 2.07. The first-order valence-corrected chi connectivity index (χ1v) is 7.15. The summed E-state index contributed by atoms with van der Waals surface area (Å²) >= 11 is 18.9. The standard InChI is InChI=1S/C11H11Cl3IN3/c1-8(17-15)18(5-4-10(12)13)7-9-2-3-11(14)16-6-9/h2-4,6H,5,7H2,1H3. The lowest BCUT2D eigenvalue weighted by molar-refractivity contribution is 0.454. The molecular formula is C11H11Cl3IN3. The minimum atomic E-state index is 0.246. The van der Waals surface area contributed by atoms with E-state index >= 15 is 0 Å². The molecule has 0 radical (unpaired) electrons. The van der Waals surface area contributed by atoms with Gasteiger partial charge in [-0.15, -0.1) is 0 Å². The molecule has 0 fully saturated rings. The highest BCUT2D eigenvalue weighted by molar-refractivity contribution is 14.1. The Kier molecular flexibility index (Phi) is 7.29. The van der Waals surface area contributed by atoms with Gasteiger partial charge in [-0.25, -0.2) is 8.19 Å². The maximum absolute atomic E-state index is 5.75. The third kappa shape index (κ3) is 5.73. The maximum Gasteiger partial charge on any atom is 0.129 e. The number of aromatic nitrogens is 1. The number of halogens is 4. The first-order chi connectivity index (χ1) is 8.52. The van der Waals surface area contributed by atoms with Gasteiger partial charge in [-0.3, -0.25) is 0 Å². The highest BCUT2D eigenvalue weighted by atomic mass is 127. The molecule has 0 N–H and O–H groups in total. The number of hydrogen-bond donors (Lipinski definition) is 0. The van der Waals surface area contributed by atoms with E-state index < -0.39 is 0 Å². The van der Waals surface area contributed by atoms with Crippen LogP contribution in [-0.4, -0.2) is 22.3 Å². The average molecular weight is 418 g/mol. The van der Waals surface area contributed by atoms with E-state index in [-0.39, 0.29) is 4.49 Å². The van der Waals surface area contributed by atoms with Crippen molar-refractivity contribution in [3.8, 4) is 0 Å². The second-order valence-corrected chi connectivity index (χ2v) is 5.37. The molecule has 0 atom stereocenters. The van der Waals surface area contributed by atoms with E-state index in [1.807, 2.05) is 40.8 Å². The molecule has 0 aliphatic rings. The Bertz CT molecular complexity index is 441. The van der Waals surface area contributed by atoms with Gasteiger partial charge in [0.15, 0.2) is 0 Å². The lowest BCUT2D eigenvalue weighted by Gasteiger charge is -2.22. The van der Waals surface area contributed by atoms with Crippen molar-refractivity contribution >= 4 is 63.5 Å². The van der Waals surface area contributed by atoms with E-state index in [9.17, 15) is 0 Å². The van der Waals surface area contributed by atoms with Crippen LogP contribution in [0.2, 0.25) is 5.15 Å². The van der Waals surface area contributed by atoms with E-state index in [1.54, 1.807) is 18.3 Å². The van der Waals surface area contributed by atoms with E-state index in [2.05, 4.69) is 8.19 Å². The summed E-state index contributed by atoms with van der Waals surface area (Å²) in [5, 5.41) is 0.480. The van der Waals surface area contributed by atoms with Gasteiger partial charge in [-0.05, 0) is 24.6 Å². The number of rotatable bonds is 4. The molecule has 1 heterocycles. The quantitative estimate of drug-likeness (QED) is 0.309. The SMILES string of the molecule is CC(=NI)N(CC=C(Cl)Cl)Cc1ccc(Cl)nc1. The van der Waals surface area contributed by atoms with Gasteiger partial charge in [0.25, 0.3) is 0 Å². The topological polar surface area (TPSA) is 28.5 Å². The van der Waals surface area contributed by atoms with Crippen LogP contribution in [0.1, 0.15) is 12.5 Å². The van der Waals surface area contributed by atoms with E-state index in [0.29, 0.717) is 18.2 Å². The van der Waals surface area contributed by atoms with Crippen molar-refractivity contribution < 1.29 is 0 Å². The van der Waals surface area contributed by atoms with E-state index in [1.165, 1.54) is 0 Å². The Balaban J connectivity index is 2.78. The zero-order valence-corrected chi connectivity index (χ0v) is 14.0.